The molecule has 7 nitrogen and oxygen atoms in total. The van der Waals surface area contributed by atoms with Crippen LogP contribution in [-0.2, 0) is 23.1 Å². The Bertz CT molecular complexity index is 1200. The van der Waals surface area contributed by atoms with E-state index in [9.17, 15) is 18.8 Å². The van der Waals surface area contributed by atoms with E-state index in [2.05, 4.69) is 10.6 Å². The van der Waals surface area contributed by atoms with Gasteiger partial charge in [0.2, 0.25) is 11.8 Å². The van der Waals surface area contributed by atoms with E-state index < -0.39 is 17.6 Å². The molecule has 0 spiro atoms. The van der Waals surface area contributed by atoms with E-state index in [1.54, 1.807) is 23.9 Å². The van der Waals surface area contributed by atoms with E-state index >= 15 is 0 Å². The normalized spacial score (nSPS) is 15.0. The molecule has 0 bridgehead atoms. The van der Waals surface area contributed by atoms with Crippen LogP contribution in [0.15, 0.2) is 53.3 Å². The van der Waals surface area contributed by atoms with E-state index in [1.807, 2.05) is 25.1 Å². The van der Waals surface area contributed by atoms with Crippen molar-refractivity contribution in [2.24, 2.45) is 7.05 Å². The molecule has 1 unspecified atom stereocenters. The lowest BCUT2D eigenvalue weighted by Gasteiger charge is -2.10. The highest BCUT2D eigenvalue weighted by molar-refractivity contribution is 6.06. The Labute approximate surface area is 172 Å². The number of carbonyl (C=O) groups excluding carboxylic acids is 2. The highest BCUT2D eigenvalue weighted by Gasteiger charge is 2.33. The van der Waals surface area contributed by atoms with Gasteiger partial charge in [-0.15, -0.1) is 0 Å². The fourth-order valence-corrected chi connectivity index (χ4v) is 3.91. The fraction of sp³-hybridized carbons (Fsp3) is 0.227. The van der Waals surface area contributed by atoms with Gasteiger partial charge in [0.15, 0.2) is 0 Å². The van der Waals surface area contributed by atoms with Crippen molar-refractivity contribution in [1.29, 1.82) is 0 Å². The van der Waals surface area contributed by atoms with E-state index in [-0.39, 0.29) is 23.6 Å². The average Bonchev–Trinajstić information content (AvgIpc) is 3.15. The topological polar surface area (TPSA) is 85.1 Å². The third kappa shape index (κ3) is 3.30. The Morgan fingerprint density at radius 1 is 1.17 bits per heavy atom. The number of para-hydroxylation sites is 1. The van der Waals surface area contributed by atoms with Crippen molar-refractivity contribution in [1.82, 2.24) is 9.36 Å². The smallest absolute Gasteiger partial charge is 0.295 e. The molecule has 0 fully saturated rings. The maximum absolute atomic E-state index is 13.6. The number of hydrogen-bond acceptors (Lipinski definition) is 3. The van der Waals surface area contributed by atoms with Crippen LogP contribution in [0, 0.1) is 5.82 Å². The van der Waals surface area contributed by atoms with E-state index in [0.717, 1.165) is 0 Å². The van der Waals surface area contributed by atoms with Gasteiger partial charge < -0.3 is 10.6 Å². The lowest BCUT2D eigenvalue weighted by molar-refractivity contribution is -0.122. The van der Waals surface area contributed by atoms with Crippen molar-refractivity contribution in [3.05, 3.63) is 76.0 Å². The summed E-state index contributed by atoms with van der Waals surface area (Å²) in [5.74, 6) is -2.13. The molecule has 0 saturated heterocycles. The van der Waals surface area contributed by atoms with Gasteiger partial charge in [-0.3, -0.25) is 19.1 Å². The van der Waals surface area contributed by atoms with Crippen molar-refractivity contribution in [3.63, 3.8) is 0 Å². The number of hydrogen-bond donors (Lipinski definition) is 2. The van der Waals surface area contributed by atoms with Crippen LogP contribution in [0.3, 0.4) is 0 Å². The molecule has 8 heteroatoms. The zero-order chi connectivity index (χ0) is 21.4. The van der Waals surface area contributed by atoms with Gasteiger partial charge in [-0.25, -0.2) is 9.07 Å². The first kappa shape index (κ1) is 19.6. The molecule has 2 aromatic carbocycles. The molecule has 1 aliphatic heterocycles. The summed E-state index contributed by atoms with van der Waals surface area (Å²) in [5, 5.41) is 5.34. The summed E-state index contributed by atoms with van der Waals surface area (Å²) < 4.78 is 16.8. The highest BCUT2D eigenvalue weighted by Crippen LogP contribution is 2.35. The monoisotopic (exact) mass is 408 g/mol. The number of halogens is 1. The second kappa shape index (κ2) is 7.62. The number of carbonyl (C=O) groups is 2. The number of benzene rings is 2. The van der Waals surface area contributed by atoms with E-state index in [0.29, 0.717) is 29.1 Å². The molecule has 2 amide bonds. The van der Waals surface area contributed by atoms with Crippen molar-refractivity contribution in [2.45, 2.75) is 25.7 Å². The Morgan fingerprint density at radius 2 is 1.90 bits per heavy atom. The van der Waals surface area contributed by atoms with Gasteiger partial charge in [0.25, 0.3) is 5.56 Å². The predicted octanol–water partition coefficient (Wildman–Crippen LogP) is 2.94. The third-order valence-electron chi connectivity index (χ3n) is 5.34. The predicted molar refractivity (Wildman–Crippen MR) is 111 cm³/mol. The Hall–Kier alpha value is -3.68. The molecule has 2 heterocycles. The number of nitrogens with zero attached hydrogens (tertiary/aromatic N) is 2. The molecule has 2 N–H and O–H groups in total. The molecule has 0 aliphatic carbocycles. The van der Waals surface area contributed by atoms with Crippen molar-refractivity contribution in [3.8, 4) is 5.69 Å². The molecule has 3 aromatic rings. The van der Waals surface area contributed by atoms with Crippen LogP contribution in [0.4, 0.5) is 15.8 Å². The fourth-order valence-electron chi connectivity index (χ4n) is 3.91. The first-order valence-corrected chi connectivity index (χ1v) is 9.67. The average molecular weight is 408 g/mol. The molecule has 0 saturated carbocycles. The SMILES string of the molecule is CCc1c(NC(=O)CC2C(=O)Nc3ccc(F)cc32)c(=O)n(-c2ccccc2)n1C. The summed E-state index contributed by atoms with van der Waals surface area (Å²) in [5.41, 5.74) is 2.13. The minimum absolute atomic E-state index is 0.187. The maximum Gasteiger partial charge on any atom is 0.295 e. The van der Waals surface area contributed by atoms with E-state index in [4.69, 9.17) is 0 Å². The minimum atomic E-state index is -0.805. The lowest BCUT2D eigenvalue weighted by Crippen LogP contribution is -2.25. The van der Waals surface area contributed by atoms with Crippen molar-refractivity contribution in [2.75, 3.05) is 10.6 Å². The van der Waals surface area contributed by atoms with Crippen LogP contribution >= 0.6 is 0 Å². The van der Waals surface area contributed by atoms with Crippen LogP contribution in [-0.4, -0.2) is 21.2 Å². The van der Waals surface area contributed by atoms with Gasteiger partial charge >= 0.3 is 0 Å². The minimum Gasteiger partial charge on any atom is -0.325 e. The number of rotatable bonds is 5. The molecule has 1 aromatic heterocycles. The number of nitrogens with one attached hydrogen (secondary N) is 2. The maximum atomic E-state index is 13.6. The summed E-state index contributed by atoms with van der Waals surface area (Å²) in [6.45, 7) is 1.89. The first-order chi connectivity index (χ1) is 14.4. The van der Waals surface area contributed by atoms with Gasteiger partial charge in [-0.2, -0.15) is 0 Å². The van der Waals surface area contributed by atoms with E-state index in [1.165, 1.54) is 22.9 Å². The standard InChI is InChI=1S/C22H21FN4O3/c1-3-18-20(22(30)27(26(18)2)14-7-5-4-6-8-14)25-19(28)12-16-15-11-13(23)9-10-17(15)24-21(16)29/h4-11,16H,3,12H2,1-2H3,(H,24,29)(H,25,28). The van der Waals surface area contributed by atoms with Gasteiger partial charge in [0, 0.05) is 19.2 Å². The highest BCUT2D eigenvalue weighted by atomic mass is 19.1. The van der Waals surface area contributed by atoms with Crippen molar-refractivity contribution >= 4 is 23.2 Å². The molecular formula is C22H21FN4O3. The largest absolute Gasteiger partial charge is 0.325 e. The van der Waals surface area contributed by atoms with Gasteiger partial charge in [0.1, 0.15) is 11.5 Å². The Morgan fingerprint density at radius 3 is 2.60 bits per heavy atom. The second-order valence-corrected chi connectivity index (χ2v) is 7.18. The van der Waals surface area contributed by atoms with Crippen LogP contribution in [0.2, 0.25) is 0 Å². The van der Waals surface area contributed by atoms with Gasteiger partial charge in [0.05, 0.1) is 17.3 Å². The molecule has 30 heavy (non-hydrogen) atoms. The second-order valence-electron chi connectivity index (χ2n) is 7.18. The zero-order valence-electron chi connectivity index (χ0n) is 16.6. The third-order valence-corrected chi connectivity index (χ3v) is 5.34. The number of fused-ring (bicyclic) bond motifs is 1. The number of amides is 2. The molecule has 1 aliphatic rings. The molecule has 154 valence electrons. The summed E-state index contributed by atoms with van der Waals surface area (Å²) >= 11 is 0. The van der Waals surface area contributed by atoms with Crippen molar-refractivity contribution < 1.29 is 14.0 Å². The quantitative estimate of drug-likeness (QED) is 0.681. The lowest BCUT2D eigenvalue weighted by atomic mass is 9.96. The van der Waals surface area contributed by atoms with Gasteiger partial charge in [-0.05, 0) is 42.3 Å². The van der Waals surface area contributed by atoms with Crippen LogP contribution in [0.5, 0.6) is 0 Å². The van der Waals surface area contributed by atoms with Gasteiger partial charge in [-0.1, -0.05) is 25.1 Å². The Kier molecular flexibility index (Phi) is 4.99. The van der Waals surface area contributed by atoms with Crippen LogP contribution in [0.25, 0.3) is 5.69 Å². The number of anilines is 2. The summed E-state index contributed by atoms with van der Waals surface area (Å²) in [6, 6.07) is 13.1. The Balaban J connectivity index is 1.63. The molecular weight excluding hydrogens is 387 g/mol. The number of aromatic nitrogens is 2. The molecule has 4 rings (SSSR count). The van der Waals surface area contributed by atoms with Crippen LogP contribution < -0.4 is 16.2 Å². The summed E-state index contributed by atoms with van der Waals surface area (Å²) in [6.07, 6.45) is 0.338. The molecule has 1 atom stereocenters. The molecule has 0 radical (unpaired) electrons. The first-order valence-electron chi connectivity index (χ1n) is 9.67. The zero-order valence-corrected chi connectivity index (χ0v) is 16.6. The van der Waals surface area contributed by atoms with Crippen LogP contribution in [0.1, 0.15) is 30.5 Å². The summed E-state index contributed by atoms with van der Waals surface area (Å²) in [7, 11) is 1.76. The summed E-state index contributed by atoms with van der Waals surface area (Å²) in [4.78, 5) is 38.1.